The van der Waals surface area contributed by atoms with Gasteiger partial charge in [0.2, 0.25) is 0 Å². The number of nitrogens with zero attached hydrogens (tertiary/aromatic N) is 4. The Labute approximate surface area is 159 Å². The van der Waals surface area contributed by atoms with Crippen molar-refractivity contribution in [1.29, 1.82) is 0 Å². The van der Waals surface area contributed by atoms with Crippen molar-refractivity contribution < 1.29 is 9.53 Å². The molecule has 0 spiro atoms. The number of aromatic nitrogens is 2. The van der Waals surface area contributed by atoms with E-state index in [1.54, 1.807) is 7.11 Å². The number of carbonyl (C=O) groups excluding carboxylic acids is 1. The third kappa shape index (κ3) is 3.40. The minimum absolute atomic E-state index is 0.0348. The predicted octanol–water partition coefficient (Wildman–Crippen LogP) is 2.61. The fourth-order valence-electron chi connectivity index (χ4n) is 3.67. The predicted molar refractivity (Wildman–Crippen MR) is 104 cm³/mol. The molecule has 140 valence electrons. The molecule has 0 saturated carbocycles. The fraction of sp³-hybridized carbons (Fsp3) is 0.333. The van der Waals surface area contributed by atoms with Gasteiger partial charge in [-0.3, -0.25) is 14.1 Å². The van der Waals surface area contributed by atoms with Crippen molar-refractivity contribution >= 4 is 11.6 Å². The summed E-state index contributed by atoms with van der Waals surface area (Å²) in [7, 11) is 1.62. The van der Waals surface area contributed by atoms with Crippen molar-refractivity contribution in [1.82, 2.24) is 19.2 Å². The van der Waals surface area contributed by atoms with Crippen LogP contribution >= 0.6 is 0 Å². The molecule has 0 atom stereocenters. The van der Waals surface area contributed by atoms with Crippen molar-refractivity contribution in [3.8, 4) is 5.75 Å². The highest BCUT2D eigenvalue weighted by atomic mass is 16.5. The molecule has 27 heavy (non-hydrogen) atoms. The van der Waals surface area contributed by atoms with Crippen LogP contribution in [0.4, 0.5) is 0 Å². The third-order valence-electron chi connectivity index (χ3n) is 5.12. The first-order valence-corrected chi connectivity index (χ1v) is 9.24. The summed E-state index contributed by atoms with van der Waals surface area (Å²) in [6, 6.07) is 14.2. The van der Waals surface area contributed by atoms with Gasteiger partial charge in [0.05, 0.1) is 12.8 Å². The summed E-state index contributed by atoms with van der Waals surface area (Å²) in [4.78, 5) is 22.0. The van der Waals surface area contributed by atoms with Gasteiger partial charge in [0.15, 0.2) is 11.4 Å². The molecule has 1 fully saturated rings. The minimum atomic E-state index is 0.0348. The molecule has 4 rings (SSSR count). The average molecular weight is 364 g/mol. The molecule has 0 radical (unpaired) electrons. The number of piperazine rings is 1. The zero-order valence-corrected chi connectivity index (χ0v) is 15.8. The van der Waals surface area contributed by atoms with E-state index in [0.29, 0.717) is 17.1 Å². The Morgan fingerprint density at radius 1 is 1.07 bits per heavy atom. The first-order valence-electron chi connectivity index (χ1n) is 9.24. The molecule has 1 aromatic carbocycles. The number of benzene rings is 1. The van der Waals surface area contributed by atoms with E-state index in [9.17, 15) is 4.79 Å². The zero-order valence-electron chi connectivity index (χ0n) is 15.8. The van der Waals surface area contributed by atoms with Gasteiger partial charge in [-0.15, -0.1) is 0 Å². The van der Waals surface area contributed by atoms with Crippen LogP contribution < -0.4 is 4.74 Å². The highest BCUT2D eigenvalue weighted by Gasteiger charge is 2.26. The van der Waals surface area contributed by atoms with E-state index < -0.39 is 0 Å². The van der Waals surface area contributed by atoms with Gasteiger partial charge in [-0.25, -0.2) is 4.98 Å². The highest BCUT2D eigenvalue weighted by molar-refractivity contribution is 5.95. The number of carbonyl (C=O) groups is 1. The van der Waals surface area contributed by atoms with Gasteiger partial charge in [0, 0.05) is 38.9 Å². The number of fused-ring (bicyclic) bond motifs is 1. The largest absolute Gasteiger partial charge is 0.493 e. The SMILES string of the molecule is COc1cccn2c(C(=O)N3CCN(Cc4ccccc4)CC3)c(C)nc12. The molecule has 3 heterocycles. The lowest BCUT2D eigenvalue weighted by atomic mass is 10.2. The summed E-state index contributed by atoms with van der Waals surface area (Å²) in [6.07, 6.45) is 1.87. The molecule has 6 heteroatoms. The molecular formula is C21H24N4O2. The van der Waals surface area contributed by atoms with Gasteiger partial charge in [-0.2, -0.15) is 0 Å². The molecule has 3 aromatic rings. The molecule has 6 nitrogen and oxygen atoms in total. The van der Waals surface area contributed by atoms with Gasteiger partial charge >= 0.3 is 0 Å². The molecule has 1 saturated heterocycles. The van der Waals surface area contributed by atoms with Crippen molar-refractivity contribution in [2.75, 3.05) is 33.3 Å². The minimum Gasteiger partial charge on any atom is -0.493 e. The second-order valence-electron chi connectivity index (χ2n) is 6.87. The smallest absolute Gasteiger partial charge is 0.272 e. The van der Waals surface area contributed by atoms with E-state index in [1.807, 2.05) is 40.6 Å². The molecule has 0 bridgehead atoms. The molecule has 1 aliphatic heterocycles. The lowest BCUT2D eigenvalue weighted by Crippen LogP contribution is -2.48. The lowest BCUT2D eigenvalue weighted by Gasteiger charge is -2.34. The van der Waals surface area contributed by atoms with Crippen molar-refractivity contribution in [3.63, 3.8) is 0 Å². The van der Waals surface area contributed by atoms with Crippen LogP contribution in [0, 0.1) is 6.92 Å². The van der Waals surface area contributed by atoms with E-state index >= 15 is 0 Å². The summed E-state index contributed by atoms with van der Waals surface area (Å²) < 4.78 is 7.22. The van der Waals surface area contributed by atoms with Gasteiger partial charge in [0.25, 0.3) is 5.91 Å². The molecule has 1 amide bonds. The molecule has 0 unspecified atom stereocenters. The summed E-state index contributed by atoms with van der Waals surface area (Å²) in [5.74, 6) is 0.708. The molecular weight excluding hydrogens is 340 g/mol. The van der Waals surface area contributed by atoms with E-state index in [1.165, 1.54) is 5.56 Å². The van der Waals surface area contributed by atoms with E-state index in [-0.39, 0.29) is 5.91 Å². The quantitative estimate of drug-likeness (QED) is 0.714. The third-order valence-corrected chi connectivity index (χ3v) is 5.12. The summed E-state index contributed by atoms with van der Waals surface area (Å²) in [5, 5.41) is 0. The number of ether oxygens (including phenoxy) is 1. The summed E-state index contributed by atoms with van der Waals surface area (Å²) >= 11 is 0. The number of rotatable bonds is 4. The van der Waals surface area contributed by atoms with Crippen molar-refractivity contribution in [2.24, 2.45) is 0 Å². The number of methoxy groups -OCH3 is 1. The van der Waals surface area contributed by atoms with Gasteiger partial charge in [-0.05, 0) is 24.6 Å². The lowest BCUT2D eigenvalue weighted by molar-refractivity contribution is 0.0621. The van der Waals surface area contributed by atoms with Gasteiger partial charge in [0.1, 0.15) is 5.69 Å². The molecule has 0 aliphatic carbocycles. The highest BCUT2D eigenvalue weighted by Crippen LogP contribution is 2.23. The van der Waals surface area contributed by atoms with E-state index in [2.05, 4.69) is 34.1 Å². The Morgan fingerprint density at radius 2 is 1.81 bits per heavy atom. The van der Waals surface area contributed by atoms with Crippen LogP contribution in [0.25, 0.3) is 5.65 Å². The number of hydrogen-bond donors (Lipinski definition) is 0. The fourth-order valence-corrected chi connectivity index (χ4v) is 3.67. The Balaban J connectivity index is 1.48. The maximum absolute atomic E-state index is 13.2. The Kier molecular flexibility index (Phi) is 4.81. The normalized spacial score (nSPS) is 15.3. The maximum atomic E-state index is 13.2. The standard InChI is InChI=1S/C21H24N4O2/c1-16-19(25-10-6-9-18(27-2)20(25)22-16)21(26)24-13-11-23(12-14-24)15-17-7-4-3-5-8-17/h3-10H,11-15H2,1-2H3. The maximum Gasteiger partial charge on any atom is 0.272 e. The Bertz CT molecular complexity index is 943. The van der Waals surface area contributed by atoms with Crippen LogP contribution in [0.5, 0.6) is 5.75 Å². The van der Waals surface area contributed by atoms with Crippen LogP contribution in [0.3, 0.4) is 0 Å². The number of aryl methyl sites for hydroxylation is 1. The molecule has 1 aliphatic rings. The number of imidazole rings is 1. The van der Waals surface area contributed by atoms with Crippen molar-refractivity contribution in [3.05, 3.63) is 65.6 Å². The van der Waals surface area contributed by atoms with Crippen molar-refractivity contribution in [2.45, 2.75) is 13.5 Å². The molecule has 0 N–H and O–H groups in total. The van der Waals surface area contributed by atoms with Crippen LogP contribution in [-0.2, 0) is 6.54 Å². The van der Waals surface area contributed by atoms with E-state index in [0.717, 1.165) is 38.4 Å². The van der Waals surface area contributed by atoms with Crippen LogP contribution in [0.1, 0.15) is 21.7 Å². The first kappa shape index (κ1) is 17.5. The average Bonchev–Trinajstić information content (AvgIpc) is 3.04. The summed E-state index contributed by atoms with van der Waals surface area (Å²) in [6.45, 7) is 6.00. The Hall–Kier alpha value is -2.86. The Morgan fingerprint density at radius 3 is 2.52 bits per heavy atom. The molecule has 2 aromatic heterocycles. The topological polar surface area (TPSA) is 50.1 Å². The first-order chi connectivity index (χ1) is 13.2. The summed E-state index contributed by atoms with van der Waals surface area (Å²) in [5.41, 5.74) is 3.35. The second-order valence-corrected chi connectivity index (χ2v) is 6.87. The zero-order chi connectivity index (χ0) is 18.8. The van der Waals surface area contributed by atoms with E-state index in [4.69, 9.17) is 4.74 Å². The second kappa shape index (κ2) is 7.40. The number of hydrogen-bond acceptors (Lipinski definition) is 4. The van der Waals surface area contributed by atoms with Gasteiger partial charge < -0.3 is 9.64 Å². The number of pyridine rings is 1. The van der Waals surface area contributed by atoms with Crippen LogP contribution in [0.2, 0.25) is 0 Å². The van der Waals surface area contributed by atoms with Crippen LogP contribution in [0.15, 0.2) is 48.7 Å². The monoisotopic (exact) mass is 364 g/mol. The van der Waals surface area contributed by atoms with Crippen LogP contribution in [-0.4, -0.2) is 58.4 Å². The number of amides is 1. The van der Waals surface area contributed by atoms with Gasteiger partial charge in [-0.1, -0.05) is 30.3 Å².